The zero-order chi connectivity index (χ0) is 18.2. The van der Waals surface area contributed by atoms with Crippen molar-refractivity contribution in [2.75, 3.05) is 26.9 Å². The highest BCUT2D eigenvalue weighted by Crippen LogP contribution is 2.25. The van der Waals surface area contributed by atoms with Gasteiger partial charge in [-0.2, -0.15) is 0 Å². The van der Waals surface area contributed by atoms with Crippen molar-refractivity contribution >= 4 is 12.1 Å². The topological polar surface area (TPSA) is 103 Å². The summed E-state index contributed by atoms with van der Waals surface area (Å²) in [6, 6.07) is 6.37. The zero-order valence-electron chi connectivity index (χ0n) is 14.5. The summed E-state index contributed by atoms with van der Waals surface area (Å²) in [4.78, 5) is 25.1. The van der Waals surface area contributed by atoms with Gasteiger partial charge < -0.3 is 25.3 Å². The molecule has 0 aliphatic heterocycles. The van der Waals surface area contributed by atoms with Crippen molar-refractivity contribution in [1.29, 1.82) is 0 Å². The zero-order valence-corrected chi connectivity index (χ0v) is 14.5. The molecule has 8 nitrogen and oxygen atoms in total. The molecule has 3 amide bonds. The number of urea groups is 1. The fraction of sp³-hybridized carbons (Fsp3) is 0.500. The van der Waals surface area contributed by atoms with E-state index in [0.717, 1.165) is 4.90 Å². The van der Waals surface area contributed by atoms with Crippen molar-refractivity contribution in [1.82, 2.24) is 10.2 Å². The Morgan fingerprint density at radius 3 is 2.38 bits per heavy atom. The highest BCUT2D eigenvalue weighted by molar-refractivity contribution is 5.91. The van der Waals surface area contributed by atoms with Crippen LogP contribution in [0.3, 0.4) is 0 Å². The number of hydrogen-bond donors (Lipinski definition) is 2. The van der Waals surface area contributed by atoms with Gasteiger partial charge in [0, 0.05) is 13.1 Å². The second-order valence-electron chi connectivity index (χ2n) is 5.84. The Morgan fingerprint density at radius 1 is 1.21 bits per heavy atom. The summed E-state index contributed by atoms with van der Waals surface area (Å²) in [6.45, 7) is 5.18. The van der Waals surface area contributed by atoms with E-state index in [1.807, 2.05) is 0 Å². The average Bonchev–Trinajstić information content (AvgIpc) is 2.51. The fourth-order valence-electron chi connectivity index (χ4n) is 1.73. The molecule has 0 aliphatic carbocycles. The number of amides is 3. The van der Waals surface area contributed by atoms with Crippen molar-refractivity contribution in [3.05, 3.63) is 24.3 Å². The molecule has 0 atom stereocenters. The Balaban J connectivity index is 2.61. The molecule has 0 aliphatic rings. The number of methoxy groups -OCH3 is 1. The van der Waals surface area contributed by atoms with Crippen LogP contribution in [0.2, 0.25) is 0 Å². The Morgan fingerprint density at radius 2 is 1.83 bits per heavy atom. The van der Waals surface area contributed by atoms with E-state index in [2.05, 4.69) is 5.32 Å². The largest absolute Gasteiger partial charge is 0.493 e. The maximum absolute atomic E-state index is 12.2. The lowest BCUT2D eigenvalue weighted by Gasteiger charge is -2.26. The van der Waals surface area contributed by atoms with Crippen molar-refractivity contribution < 1.29 is 23.8 Å². The molecule has 3 N–H and O–H groups in total. The number of ether oxygens (including phenoxy) is 3. The SMILES string of the molecule is COc1ccccc1OCNC(=O)N(CCN)C(=O)OC(C)(C)C. The molecule has 1 aromatic carbocycles. The first kappa shape index (κ1) is 19.6. The van der Waals surface area contributed by atoms with E-state index >= 15 is 0 Å². The van der Waals surface area contributed by atoms with Crippen LogP contribution in [-0.4, -0.2) is 49.6 Å². The minimum atomic E-state index is -0.761. The van der Waals surface area contributed by atoms with Gasteiger partial charge in [-0.1, -0.05) is 12.1 Å². The normalized spacial score (nSPS) is 10.7. The number of hydrogen-bond acceptors (Lipinski definition) is 6. The molecular formula is C16H25N3O5. The molecule has 0 saturated carbocycles. The lowest BCUT2D eigenvalue weighted by atomic mass is 10.2. The molecule has 24 heavy (non-hydrogen) atoms. The number of carbonyl (C=O) groups excluding carboxylic acids is 2. The molecule has 1 rings (SSSR count). The van der Waals surface area contributed by atoms with Crippen LogP contribution in [0, 0.1) is 0 Å². The van der Waals surface area contributed by atoms with Crippen molar-refractivity contribution in [3.8, 4) is 11.5 Å². The number of nitrogens with zero attached hydrogens (tertiary/aromatic N) is 1. The molecule has 1 aromatic rings. The second-order valence-corrected chi connectivity index (χ2v) is 5.84. The van der Waals surface area contributed by atoms with E-state index in [1.54, 1.807) is 45.0 Å². The molecular weight excluding hydrogens is 314 g/mol. The molecule has 0 spiro atoms. The lowest BCUT2D eigenvalue weighted by Crippen LogP contribution is -2.48. The van der Waals surface area contributed by atoms with Gasteiger partial charge in [-0.3, -0.25) is 0 Å². The van der Waals surface area contributed by atoms with E-state index < -0.39 is 17.7 Å². The Bertz CT molecular complexity index is 557. The van der Waals surface area contributed by atoms with E-state index in [-0.39, 0.29) is 19.8 Å². The van der Waals surface area contributed by atoms with Crippen LogP contribution in [0.5, 0.6) is 11.5 Å². The number of rotatable bonds is 6. The molecule has 0 bridgehead atoms. The van der Waals surface area contributed by atoms with E-state index in [0.29, 0.717) is 11.5 Å². The van der Waals surface area contributed by atoms with Crippen molar-refractivity contribution in [3.63, 3.8) is 0 Å². The van der Waals surface area contributed by atoms with Crippen molar-refractivity contribution in [2.24, 2.45) is 5.73 Å². The maximum atomic E-state index is 12.2. The lowest BCUT2D eigenvalue weighted by molar-refractivity contribution is 0.0321. The van der Waals surface area contributed by atoms with Crippen LogP contribution in [0.4, 0.5) is 9.59 Å². The Kier molecular flexibility index (Phi) is 7.31. The van der Waals surface area contributed by atoms with Gasteiger partial charge in [0.25, 0.3) is 0 Å². The van der Waals surface area contributed by atoms with E-state index in [9.17, 15) is 9.59 Å². The summed E-state index contributed by atoms with van der Waals surface area (Å²) in [6.07, 6.45) is -0.761. The highest BCUT2D eigenvalue weighted by Gasteiger charge is 2.26. The maximum Gasteiger partial charge on any atom is 0.418 e. The second kappa shape index (κ2) is 8.97. The van der Waals surface area contributed by atoms with E-state index in [1.165, 1.54) is 7.11 Å². The van der Waals surface area contributed by atoms with Gasteiger partial charge in [-0.25, -0.2) is 14.5 Å². The van der Waals surface area contributed by atoms with Gasteiger partial charge in [0.1, 0.15) is 5.60 Å². The first-order chi connectivity index (χ1) is 11.3. The molecule has 8 heteroatoms. The van der Waals surface area contributed by atoms with Gasteiger partial charge in [-0.15, -0.1) is 0 Å². The van der Waals surface area contributed by atoms with Gasteiger partial charge in [0.05, 0.1) is 7.11 Å². The molecule has 134 valence electrons. The number of nitrogens with one attached hydrogen (secondary N) is 1. The minimum absolute atomic E-state index is 0.0371. The first-order valence-electron chi connectivity index (χ1n) is 7.52. The fourth-order valence-corrected chi connectivity index (χ4v) is 1.73. The molecule has 0 fully saturated rings. The van der Waals surface area contributed by atoms with Crippen LogP contribution in [-0.2, 0) is 4.74 Å². The summed E-state index contributed by atoms with van der Waals surface area (Å²) >= 11 is 0. The van der Waals surface area contributed by atoms with Gasteiger partial charge in [-0.05, 0) is 32.9 Å². The summed E-state index contributed by atoms with van der Waals surface area (Å²) in [7, 11) is 1.52. The van der Waals surface area contributed by atoms with Crippen LogP contribution < -0.4 is 20.5 Å². The van der Waals surface area contributed by atoms with Gasteiger partial charge in [0.2, 0.25) is 0 Å². The predicted octanol–water partition coefficient (Wildman–Crippen LogP) is 1.94. The summed E-state index contributed by atoms with van der Waals surface area (Å²) in [5.41, 5.74) is 4.74. The standard InChI is InChI=1S/C16H25N3O5/c1-16(2,3)24-15(21)19(10-9-17)14(20)18-11-23-13-8-6-5-7-12(13)22-4/h5-8H,9-11,17H2,1-4H3,(H,18,20). The molecule has 0 unspecified atom stereocenters. The molecule has 0 radical (unpaired) electrons. The Labute approximate surface area is 141 Å². The average molecular weight is 339 g/mol. The highest BCUT2D eigenvalue weighted by atomic mass is 16.6. The van der Waals surface area contributed by atoms with E-state index in [4.69, 9.17) is 19.9 Å². The summed E-state index contributed by atoms with van der Waals surface area (Å²) < 4.78 is 15.8. The van der Waals surface area contributed by atoms with Crippen LogP contribution in [0.15, 0.2) is 24.3 Å². The quantitative estimate of drug-likeness (QED) is 0.768. The van der Waals surface area contributed by atoms with Crippen molar-refractivity contribution in [2.45, 2.75) is 26.4 Å². The third kappa shape index (κ3) is 6.33. The smallest absolute Gasteiger partial charge is 0.418 e. The third-order valence-electron chi connectivity index (χ3n) is 2.73. The van der Waals surface area contributed by atoms with Gasteiger partial charge in [0.15, 0.2) is 18.2 Å². The monoisotopic (exact) mass is 339 g/mol. The van der Waals surface area contributed by atoms with Crippen LogP contribution in [0.25, 0.3) is 0 Å². The number of nitrogens with two attached hydrogens (primary N) is 1. The molecule has 0 aromatic heterocycles. The number of carbonyl (C=O) groups is 2. The predicted molar refractivity (Wildman–Crippen MR) is 89.0 cm³/mol. The number of imide groups is 1. The summed E-state index contributed by atoms with van der Waals surface area (Å²) in [5.74, 6) is 1.01. The van der Waals surface area contributed by atoms with Gasteiger partial charge >= 0.3 is 12.1 Å². The first-order valence-corrected chi connectivity index (χ1v) is 7.52. The summed E-state index contributed by atoms with van der Waals surface area (Å²) in [5, 5.41) is 2.49. The molecule has 0 heterocycles. The molecule has 0 saturated heterocycles. The van der Waals surface area contributed by atoms with Crippen LogP contribution >= 0.6 is 0 Å². The number of para-hydroxylation sites is 2. The van der Waals surface area contributed by atoms with Crippen LogP contribution in [0.1, 0.15) is 20.8 Å². The number of benzene rings is 1. The Hall–Kier alpha value is -2.48. The third-order valence-corrected chi connectivity index (χ3v) is 2.73. The minimum Gasteiger partial charge on any atom is -0.493 e.